The fraction of sp³-hybridized carbons (Fsp3) is 0.200. The van der Waals surface area contributed by atoms with Crippen LogP contribution in [0.15, 0.2) is 65.1 Å². The van der Waals surface area contributed by atoms with Gasteiger partial charge in [-0.15, -0.1) is 0 Å². The van der Waals surface area contributed by atoms with Crippen LogP contribution >= 0.6 is 23.8 Å². The molecule has 5 nitrogen and oxygen atoms in total. The molecule has 3 aromatic rings. The highest BCUT2D eigenvalue weighted by molar-refractivity contribution is 7.80. The molecule has 0 atom stereocenters. The molecular weight excluding hydrogens is 442 g/mol. The highest BCUT2D eigenvalue weighted by Gasteiger charge is 2.12. The van der Waals surface area contributed by atoms with Gasteiger partial charge in [-0.3, -0.25) is 10.1 Å². The van der Waals surface area contributed by atoms with Crippen molar-refractivity contribution in [3.05, 3.63) is 77.0 Å². The Morgan fingerprint density at radius 2 is 1.84 bits per heavy atom. The molecule has 4 rings (SSSR count). The predicted octanol–water partition coefficient (Wildman–Crippen LogP) is 6.04. The number of benzene rings is 2. The Hall–Kier alpha value is -3.09. The molecule has 7 heteroatoms. The van der Waals surface area contributed by atoms with Crippen molar-refractivity contribution in [3.8, 4) is 11.3 Å². The lowest BCUT2D eigenvalue weighted by Crippen LogP contribution is -2.32. The normalized spacial score (nSPS) is 13.5. The zero-order chi connectivity index (χ0) is 22.5. The standard InChI is InChI=1S/C25H24ClN3O2S/c1-17-4-5-18(16-22(17)26)23-12-10-21(31-23)11-13-24(30)28-25(32)27-19-6-8-20(9-7-19)29-14-2-3-15-29/h4-13,16H,2-3,14-15H2,1H3,(H2,27,28,30,32)/b13-11+. The third-order valence-electron chi connectivity index (χ3n) is 5.32. The number of thiocarbonyl (C=S) groups is 1. The van der Waals surface area contributed by atoms with Gasteiger partial charge in [0, 0.05) is 41.1 Å². The van der Waals surface area contributed by atoms with E-state index in [2.05, 4.69) is 27.7 Å². The third-order valence-corrected chi connectivity index (χ3v) is 5.93. The van der Waals surface area contributed by atoms with Gasteiger partial charge in [-0.2, -0.15) is 0 Å². The lowest BCUT2D eigenvalue weighted by atomic mass is 10.1. The molecule has 1 fully saturated rings. The summed E-state index contributed by atoms with van der Waals surface area (Å²) in [6, 6.07) is 17.4. The van der Waals surface area contributed by atoms with Crippen LogP contribution in [0, 0.1) is 6.92 Å². The Balaban J connectivity index is 1.30. The van der Waals surface area contributed by atoms with Crippen molar-refractivity contribution in [2.24, 2.45) is 0 Å². The van der Waals surface area contributed by atoms with Crippen LogP contribution in [0.1, 0.15) is 24.2 Å². The van der Waals surface area contributed by atoms with Crippen LogP contribution in [0.3, 0.4) is 0 Å². The topological polar surface area (TPSA) is 57.5 Å². The van der Waals surface area contributed by atoms with Crippen molar-refractivity contribution >= 4 is 52.3 Å². The Labute approximate surface area is 198 Å². The predicted molar refractivity (Wildman–Crippen MR) is 135 cm³/mol. The van der Waals surface area contributed by atoms with Gasteiger partial charge in [0.05, 0.1) is 0 Å². The first-order valence-corrected chi connectivity index (χ1v) is 11.3. The van der Waals surface area contributed by atoms with E-state index in [4.69, 9.17) is 28.2 Å². The van der Waals surface area contributed by atoms with Gasteiger partial charge >= 0.3 is 0 Å². The van der Waals surface area contributed by atoms with Crippen molar-refractivity contribution in [1.82, 2.24) is 5.32 Å². The summed E-state index contributed by atoms with van der Waals surface area (Å²) < 4.78 is 5.79. The van der Waals surface area contributed by atoms with Crippen LogP contribution in [-0.4, -0.2) is 24.1 Å². The number of rotatable bonds is 5. The van der Waals surface area contributed by atoms with Crippen LogP contribution in [0.5, 0.6) is 0 Å². The van der Waals surface area contributed by atoms with E-state index in [1.165, 1.54) is 24.6 Å². The molecule has 2 N–H and O–H groups in total. The van der Waals surface area contributed by atoms with Crippen molar-refractivity contribution in [2.75, 3.05) is 23.3 Å². The van der Waals surface area contributed by atoms with Crippen LogP contribution in [0.25, 0.3) is 17.4 Å². The number of halogens is 1. The van der Waals surface area contributed by atoms with Gasteiger partial charge in [-0.05, 0) is 86.1 Å². The van der Waals surface area contributed by atoms with Crippen LogP contribution in [-0.2, 0) is 4.79 Å². The van der Waals surface area contributed by atoms with Gasteiger partial charge in [0.15, 0.2) is 5.11 Å². The number of carbonyl (C=O) groups excluding carboxylic acids is 1. The first-order valence-electron chi connectivity index (χ1n) is 10.5. The minimum atomic E-state index is -0.340. The average Bonchev–Trinajstić information content (AvgIpc) is 3.47. The molecule has 0 aliphatic carbocycles. The number of carbonyl (C=O) groups is 1. The minimum absolute atomic E-state index is 0.239. The summed E-state index contributed by atoms with van der Waals surface area (Å²) in [5, 5.41) is 6.60. The quantitative estimate of drug-likeness (QED) is 0.355. The number of nitrogens with one attached hydrogen (secondary N) is 2. The lowest BCUT2D eigenvalue weighted by molar-refractivity contribution is -0.115. The molecule has 2 aromatic carbocycles. The highest BCUT2D eigenvalue weighted by atomic mass is 35.5. The maximum absolute atomic E-state index is 12.2. The first-order chi connectivity index (χ1) is 15.5. The Bertz CT molecular complexity index is 1150. The summed E-state index contributed by atoms with van der Waals surface area (Å²) in [5.74, 6) is 0.900. The number of furan rings is 1. The van der Waals surface area contributed by atoms with Gasteiger partial charge in [0.25, 0.3) is 0 Å². The van der Waals surface area contributed by atoms with E-state index >= 15 is 0 Å². The molecule has 1 aliphatic rings. The lowest BCUT2D eigenvalue weighted by Gasteiger charge is -2.18. The van der Waals surface area contributed by atoms with E-state index < -0.39 is 0 Å². The monoisotopic (exact) mass is 465 g/mol. The summed E-state index contributed by atoms with van der Waals surface area (Å²) in [4.78, 5) is 14.6. The molecule has 1 aromatic heterocycles. The summed E-state index contributed by atoms with van der Waals surface area (Å²) in [6.45, 7) is 4.15. The van der Waals surface area contributed by atoms with Gasteiger partial charge in [-0.25, -0.2) is 0 Å². The molecule has 0 spiro atoms. The molecule has 1 saturated heterocycles. The zero-order valence-electron chi connectivity index (χ0n) is 17.7. The maximum atomic E-state index is 12.2. The second-order valence-corrected chi connectivity index (χ2v) is 8.50. The summed E-state index contributed by atoms with van der Waals surface area (Å²) >= 11 is 11.4. The second kappa shape index (κ2) is 10.0. The molecule has 1 aliphatic heterocycles. The minimum Gasteiger partial charge on any atom is -0.457 e. The molecule has 0 saturated carbocycles. The third kappa shape index (κ3) is 5.58. The number of amides is 1. The fourth-order valence-electron chi connectivity index (χ4n) is 3.55. The van der Waals surface area contributed by atoms with Gasteiger partial charge in [-0.1, -0.05) is 23.7 Å². The zero-order valence-corrected chi connectivity index (χ0v) is 19.3. The molecule has 1 amide bonds. The van der Waals surface area contributed by atoms with E-state index in [0.717, 1.165) is 29.9 Å². The maximum Gasteiger partial charge on any atom is 0.250 e. The number of hydrogen-bond donors (Lipinski definition) is 2. The van der Waals surface area contributed by atoms with E-state index in [1.54, 1.807) is 12.1 Å². The Morgan fingerprint density at radius 1 is 1.09 bits per heavy atom. The first kappa shape index (κ1) is 22.1. The Morgan fingerprint density at radius 3 is 2.56 bits per heavy atom. The highest BCUT2D eigenvalue weighted by Crippen LogP contribution is 2.27. The van der Waals surface area contributed by atoms with Gasteiger partial charge in [0.2, 0.25) is 5.91 Å². The van der Waals surface area contributed by atoms with Crippen molar-refractivity contribution in [3.63, 3.8) is 0 Å². The van der Waals surface area contributed by atoms with Gasteiger partial charge in [0.1, 0.15) is 11.5 Å². The van der Waals surface area contributed by atoms with Crippen LogP contribution in [0.2, 0.25) is 5.02 Å². The van der Waals surface area contributed by atoms with Crippen molar-refractivity contribution in [1.29, 1.82) is 0 Å². The summed E-state index contributed by atoms with van der Waals surface area (Å²) in [7, 11) is 0. The number of nitrogens with zero attached hydrogens (tertiary/aromatic N) is 1. The molecule has 2 heterocycles. The largest absolute Gasteiger partial charge is 0.457 e. The second-order valence-electron chi connectivity index (χ2n) is 7.68. The van der Waals surface area contributed by atoms with E-state index in [0.29, 0.717) is 16.5 Å². The van der Waals surface area contributed by atoms with Crippen molar-refractivity contribution < 1.29 is 9.21 Å². The summed E-state index contributed by atoms with van der Waals surface area (Å²) in [5.41, 5.74) is 3.92. The summed E-state index contributed by atoms with van der Waals surface area (Å²) in [6.07, 6.45) is 5.46. The smallest absolute Gasteiger partial charge is 0.250 e. The van der Waals surface area contributed by atoms with Crippen LogP contribution in [0.4, 0.5) is 11.4 Å². The molecular formula is C25H24ClN3O2S. The molecule has 32 heavy (non-hydrogen) atoms. The fourth-order valence-corrected chi connectivity index (χ4v) is 3.95. The molecule has 164 valence electrons. The van der Waals surface area contributed by atoms with E-state index in [-0.39, 0.29) is 11.0 Å². The number of hydrogen-bond acceptors (Lipinski definition) is 4. The van der Waals surface area contributed by atoms with Crippen LogP contribution < -0.4 is 15.5 Å². The van der Waals surface area contributed by atoms with E-state index in [1.807, 2.05) is 43.3 Å². The molecule has 0 bridgehead atoms. The Kier molecular flexibility index (Phi) is 6.93. The van der Waals surface area contributed by atoms with Crippen molar-refractivity contribution in [2.45, 2.75) is 19.8 Å². The number of anilines is 2. The molecule has 0 radical (unpaired) electrons. The van der Waals surface area contributed by atoms with E-state index in [9.17, 15) is 4.79 Å². The SMILES string of the molecule is Cc1ccc(-c2ccc(/C=C/C(=O)NC(=S)Nc3ccc(N4CCCC4)cc3)o2)cc1Cl. The average molecular weight is 466 g/mol. The number of aryl methyl sites for hydroxylation is 1. The molecule has 0 unspecified atom stereocenters. The van der Waals surface area contributed by atoms with Gasteiger partial charge < -0.3 is 14.6 Å².